The first-order valence-electron chi connectivity index (χ1n) is 8.81. The van der Waals surface area contributed by atoms with Gasteiger partial charge in [0.1, 0.15) is 11.5 Å². The zero-order valence-corrected chi connectivity index (χ0v) is 15.9. The molecular formula is C20H16ClN5O3. The fourth-order valence-corrected chi connectivity index (χ4v) is 2.94. The third-order valence-corrected chi connectivity index (χ3v) is 4.26. The highest BCUT2D eigenvalue weighted by molar-refractivity contribution is 6.19. The topological polar surface area (TPSA) is 106 Å². The van der Waals surface area contributed by atoms with Crippen LogP contribution in [0.5, 0.6) is 0 Å². The summed E-state index contributed by atoms with van der Waals surface area (Å²) < 4.78 is 6.75. The van der Waals surface area contributed by atoms with Gasteiger partial charge < -0.3 is 9.73 Å². The van der Waals surface area contributed by atoms with Crippen LogP contribution in [0.25, 0.3) is 28.7 Å². The number of benzene rings is 1. The average Bonchev–Trinajstić information content (AvgIpc) is 3.38. The number of halogens is 1. The Balaban J connectivity index is 1.82. The fourth-order valence-electron chi connectivity index (χ4n) is 2.77. The largest absolute Gasteiger partial charge is 0.463 e. The number of alkyl halides is 1. The fraction of sp³-hybridized carbons (Fsp3) is 0.100. The third kappa shape index (κ3) is 4.12. The van der Waals surface area contributed by atoms with E-state index >= 15 is 0 Å². The summed E-state index contributed by atoms with van der Waals surface area (Å²) in [6.07, 6.45) is 1.66. The highest BCUT2D eigenvalue weighted by Crippen LogP contribution is 2.25. The summed E-state index contributed by atoms with van der Waals surface area (Å²) in [5, 5.41) is 7.20. The van der Waals surface area contributed by atoms with Crippen LogP contribution in [0.15, 0.2) is 70.1 Å². The van der Waals surface area contributed by atoms with Crippen molar-refractivity contribution in [3.05, 3.63) is 71.2 Å². The number of H-pyrrole nitrogens is 1. The molecule has 0 radical (unpaired) electrons. The molecule has 0 aliphatic rings. The van der Waals surface area contributed by atoms with E-state index in [0.29, 0.717) is 23.0 Å². The van der Waals surface area contributed by atoms with Crippen LogP contribution in [0.4, 0.5) is 5.82 Å². The molecule has 8 nitrogen and oxygen atoms in total. The van der Waals surface area contributed by atoms with E-state index in [2.05, 4.69) is 20.4 Å². The molecule has 0 spiro atoms. The Morgan fingerprint density at radius 3 is 2.69 bits per heavy atom. The van der Waals surface area contributed by atoms with E-state index in [1.807, 2.05) is 30.3 Å². The number of hydrogen-bond donors (Lipinski definition) is 2. The minimum absolute atomic E-state index is 0.136. The molecule has 9 heteroatoms. The number of carbonyl (C=O) groups excluding carboxylic acids is 1. The Bertz CT molecular complexity index is 1180. The lowest BCUT2D eigenvalue weighted by Gasteiger charge is -2.09. The Kier molecular flexibility index (Phi) is 5.26. The van der Waals surface area contributed by atoms with Crippen LogP contribution >= 0.6 is 11.6 Å². The maximum Gasteiger partial charge on any atom is 0.252 e. The van der Waals surface area contributed by atoms with E-state index in [4.69, 9.17) is 16.0 Å². The Morgan fingerprint density at radius 1 is 1.14 bits per heavy atom. The second-order valence-electron chi connectivity index (χ2n) is 6.11. The van der Waals surface area contributed by atoms with Crippen LogP contribution in [-0.4, -0.2) is 31.5 Å². The van der Waals surface area contributed by atoms with Gasteiger partial charge in [0.15, 0.2) is 5.76 Å². The number of aromatic amines is 1. The number of rotatable bonds is 6. The summed E-state index contributed by atoms with van der Waals surface area (Å²) in [6.45, 7) is 0. The standard InChI is InChI=1S/C20H16ClN5O3/c21-9-8-18(27)23-17-11-15(16-7-4-10-29-16)25-26(17)20-22-14(12-19(28)24-20)13-5-2-1-3-6-13/h1-7,10-12H,8-9H2,(H,23,27)(H,22,24,28). The molecule has 0 aliphatic heterocycles. The first-order chi connectivity index (χ1) is 14.1. The Hall–Kier alpha value is -3.65. The molecule has 1 aromatic carbocycles. The molecule has 3 aromatic heterocycles. The van der Waals surface area contributed by atoms with Gasteiger partial charge in [0.2, 0.25) is 11.9 Å². The van der Waals surface area contributed by atoms with Crippen LogP contribution in [0.1, 0.15) is 6.42 Å². The van der Waals surface area contributed by atoms with Crippen LogP contribution < -0.4 is 10.9 Å². The second kappa shape index (κ2) is 8.15. The zero-order chi connectivity index (χ0) is 20.2. The Morgan fingerprint density at radius 2 is 1.97 bits per heavy atom. The number of furan rings is 1. The summed E-state index contributed by atoms with van der Waals surface area (Å²) in [5.41, 5.74) is 1.40. The number of anilines is 1. The monoisotopic (exact) mass is 409 g/mol. The summed E-state index contributed by atoms with van der Waals surface area (Å²) >= 11 is 5.66. The third-order valence-electron chi connectivity index (χ3n) is 4.07. The molecule has 4 aromatic rings. The number of nitrogens with one attached hydrogen (secondary N) is 2. The van der Waals surface area contributed by atoms with Gasteiger partial charge in [-0.3, -0.25) is 14.6 Å². The predicted molar refractivity (Wildman–Crippen MR) is 109 cm³/mol. The van der Waals surface area contributed by atoms with Crippen LogP contribution in [0, 0.1) is 0 Å². The molecule has 2 N–H and O–H groups in total. The van der Waals surface area contributed by atoms with Gasteiger partial charge in [0, 0.05) is 30.0 Å². The molecule has 0 atom stereocenters. The molecule has 4 rings (SSSR count). The van der Waals surface area contributed by atoms with Gasteiger partial charge >= 0.3 is 0 Å². The van der Waals surface area contributed by atoms with Crippen LogP contribution in [0.3, 0.4) is 0 Å². The first-order valence-corrected chi connectivity index (χ1v) is 9.34. The summed E-state index contributed by atoms with van der Waals surface area (Å²) in [6, 6.07) is 15.8. The van der Waals surface area contributed by atoms with Gasteiger partial charge in [-0.1, -0.05) is 30.3 Å². The molecule has 0 saturated heterocycles. The van der Waals surface area contributed by atoms with Crippen LogP contribution in [-0.2, 0) is 4.79 Å². The maximum absolute atomic E-state index is 12.3. The van der Waals surface area contributed by atoms with Crippen molar-refractivity contribution >= 4 is 23.3 Å². The van der Waals surface area contributed by atoms with E-state index in [1.165, 1.54) is 17.0 Å². The van der Waals surface area contributed by atoms with Gasteiger partial charge in [-0.15, -0.1) is 11.6 Å². The molecule has 3 heterocycles. The van der Waals surface area contributed by atoms with Crippen molar-refractivity contribution in [1.29, 1.82) is 0 Å². The number of nitrogens with zero attached hydrogens (tertiary/aromatic N) is 3. The normalized spacial score (nSPS) is 10.8. The highest BCUT2D eigenvalue weighted by atomic mass is 35.5. The lowest BCUT2D eigenvalue weighted by Crippen LogP contribution is -2.18. The average molecular weight is 410 g/mol. The zero-order valence-electron chi connectivity index (χ0n) is 15.1. The van der Waals surface area contributed by atoms with E-state index in [0.717, 1.165) is 5.56 Å². The van der Waals surface area contributed by atoms with Crippen molar-refractivity contribution in [1.82, 2.24) is 19.7 Å². The van der Waals surface area contributed by atoms with Gasteiger partial charge in [0.05, 0.1) is 12.0 Å². The minimum atomic E-state index is -0.345. The molecule has 0 aliphatic carbocycles. The molecule has 1 amide bonds. The lowest BCUT2D eigenvalue weighted by molar-refractivity contribution is -0.115. The van der Waals surface area contributed by atoms with E-state index in [1.54, 1.807) is 18.2 Å². The predicted octanol–water partition coefficient (Wildman–Crippen LogP) is 3.45. The molecular weight excluding hydrogens is 394 g/mol. The summed E-state index contributed by atoms with van der Waals surface area (Å²) in [7, 11) is 0. The van der Waals surface area contributed by atoms with E-state index < -0.39 is 0 Å². The van der Waals surface area contributed by atoms with Crippen molar-refractivity contribution in [3.8, 4) is 28.7 Å². The maximum atomic E-state index is 12.3. The number of hydrogen-bond acceptors (Lipinski definition) is 5. The van der Waals surface area contributed by atoms with Crippen molar-refractivity contribution in [2.75, 3.05) is 11.2 Å². The van der Waals surface area contributed by atoms with E-state index in [9.17, 15) is 9.59 Å². The molecule has 0 unspecified atom stereocenters. The van der Waals surface area contributed by atoms with Gasteiger partial charge in [-0.25, -0.2) is 4.98 Å². The first kappa shape index (κ1) is 18.7. The van der Waals surface area contributed by atoms with Gasteiger partial charge in [0.25, 0.3) is 5.56 Å². The smallest absolute Gasteiger partial charge is 0.252 e. The van der Waals surface area contributed by atoms with E-state index in [-0.39, 0.29) is 29.7 Å². The van der Waals surface area contributed by atoms with Crippen molar-refractivity contribution in [2.45, 2.75) is 6.42 Å². The minimum Gasteiger partial charge on any atom is -0.463 e. The molecule has 0 bridgehead atoms. The van der Waals surface area contributed by atoms with Gasteiger partial charge in [-0.05, 0) is 12.1 Å². The number of carbonyl (C=O) groups is 1. The Labute approximate surface area is 170 Å². The lowest BCUT2D eigenvalue weighted by atomic mass is 10.1. The highest BCUT2D eigenvalue weighted by Gasteiger charge is 2.17. The number of aromatic nitrogens is 4. The SMILES string of the molecule is O=C(CCCl)Nc1cc(-c2ccco2)nn1-c1nc(-c2ccccc2)cc(=O)[nH]1. The molecule has 0 saturated carbocycles. The molecule has 146 valence electrons. The van der Waals surface area contributed by atoms with Crippen LogP contribution in [0.2, 0.25) is 0 Å². The van der Waals surface area contributed by atoms with Crippen molar-refractivity contribution in [2.24, 2.45) is 0 Å². The van der Waals surface area contributed by atoms with Crippen molar-refractivity contribution in [3.63, 3.8) is 0 Å². The quantitative estimate of drug-likeness (QED) is 0.474. The molecule has 0 fully saturated rings. The molecule has 29 heavy (non-hydrogen) atoms. The van der Waals surface area contributed by atoms with Gasteiger partial charge in [-0.2, -0.15) is 9.78 Å². The summed E-state index contributed by atoms with van der Waals surface area (Å²) in [5.74, 6) is 0.908. The number of amides is 1. The van der Waals surface area contributed by atoms with Crippen molar-refractivity contribution < 1.29 is 9.21 Å². The summed E-state index contributed by atoms with van der Waals surface area (Å²) in [4.78, 5) is 31.5. The second-order valence-corrected chi connectivity index (χ2v) is 6.49.